The lowest BCUT2D eigenvalue weighted by atomic mass is 10.3. The number of aryl methyl sites for hydroxylation is 1. The van der Waals surface area contributed by atoms with Gasteiger partial charge in [-0.15, -0.1) is 0 Å². The van der Waals surface area contributed by atoms with Gasteiger partial charge in [0.15, 0.2) is 0 Å². The average molecular weight is 350 g/mol. The maximum atomic E-state index is 12.1. The lowest BCUT2D eigenvalue weighted by molar-refractivity contribution is -0.116. The Bertz CT molecular complexity index is 672. The first kappa shape index (κ1) is 16.5. The summed E-state index contributed by atoms with van der Waals surface area (Å²) >= 11 is 11.6. The van der Waals surface area contributed by atoms with Crippen molar-refractivity contribution in [3.05, 3.63) is 40.1 Å². The summed E-state index contributed by atoms with van der Waals surface area (Å²) in [6, 6.07) is 3.97. The van der Waals surface area contributed by atoms with Crippen LogP contribution >= 0.6 is 23.2 Å². The van der Waals surface area contributed by atoms with Gasteiger partial charge in [-0.25, -0.2) is 0 Å². The van der Waals surface area contributed by atoms with Gasteiger partial charge in [-0.3, -0.25) is 9.48 Å². The number of rotatable bonds is 5. The summed E-state index contributed by atoms with van der Waals surface area (Å²) < 4.78 is 29.8. The van der Waals surface area contributed by atoms with E-state index in [9.17, 15) is 13.6 Å². The number of nitrogens with zero attached hydrogens (tertiary/aromatic N) is 2. The van der Waals surface area contributed by atoms with Crippen LogP contribution in [0.4, 0.5) is 14.5 Å². The maximum Gasteiger partial charge on any atom is 0.387 e. The molecule has 22 heavy (non-hydrogen) atoms. The summed E-state index contributed by atoms with van der Waals surface area (Å²) in [7, 11) is 0. The summed E-state index contributed by atoms with van der Waals surface area (Å²) in [5.41, 5.74) is 0.970. The zero-order valence-corrected chi connectivity index (χ0v) is 12.8. The summed E-state index contributed by atoms with van der Waals surface area (Å²) in [6.07, 6.45) is 1.53. The molecule has 1 aromatic heterocycles. The Labute approximate surface area is 134 Å². The van der Waals surface area contributed by atoms with Crippen molar-refractivity contribution >= 4 is 34.8 Å². The van der Waals surface area contributed by atoms with Gasteiger partial charge in [0.1, 0.15) is 12.3 Å². The Kier molecular flexibility index (Phi) is 5.20. The summed E-state index contributed by atoms with van der Waals surface area (Å²) in [4.78, 5) is 11.9. The summed E-state index contributed by atoms with van der Waals surface area (Å²) in [5.74, 6) is -0.526. The first-order chi connectivity index (χ1) is 10.3. The number of aromatic nitrogens is 2. The standard InChI is InChI=1S/C13H11Cl2F2N3O2/c1-7-10(15)5-20(19-7)6-12(21)18-8-2-3-11(9(14)4-8)22-13(16)17/h2-5,13H,6H2,1H3,(H,18,21). The molecule has 9 heteroatoms. The molecule has 2 rings (SSSR count). The van der Waals surface area contributed by atoms with E-state index >= 15 is 0 Å². The third-order valence-electron chi connectivity index (χ3n) is 2.62. The number of amides is 1. The smallest absolute Gasteiger partial charge is 0.387 e. The molecule has 1 amide bonds. The predicted octanol–water partition coefficient (Wildman–Crippen LogP) is 3.74. The van der Waals surface area contributed by atoms with Crippen molar-refractivity contribution in [3.8, 4) is 5.75 Å². The highest BCUT2D eigenvalue weighted by Crippen LogP contribution is 2.28. The molecule has 0 aliphatic carbocycles. The van der Waals surface area contributed by atoms with E-state index < -0.39 is 6.61 Å². The molecular formula is C13H11Cl2F2N3O2. The van der Waals surface area contributed by atoms with Crippen molar-refractivity contribution in [3.63, 3.8) is 0 Å². The largest absolute Gasteiger partial charge is 0.433 e. The van der Waals surface area contributed by atoms with E-state index in [1.54, 1.807) is 6.92 Å². The third kappa shape index (κ3) is 4.32. The van der Waals surface area contributed by atoms with Crippen molar-refractivity contribution < 1.29 is 18.3 Å². The first-order valence-corrected chi connectivity index (χ1v) is 6.84. The Balaban J connectivity index is 2.01. The number of ether oxygens (including phenoxy) is 1. The predicted molar refractivity (Wildman–Crippen MR) is 78.7 cm³/mol. The fourth-order valence-corrected chi connectivity index (χ4v) is 2.07. The second-order valence-electron chi connectivity index (χ2n) is 4.33. The van der Waals surface area contributed by atoms with Crippen LogP contribution in [-0.4, -0.2) is 22.3 Å². The van der Waals surface area contributed by atoms with Crippen LogP contribution in [0.1, 0.15) is 5.69 Å². The van der Waals surface area contributed by atoms with Crippen LogP contribution in [-0.2, 0) is 11.3 Å². The number of carbonyl (C=O) groups excluding carboxylic acids is 1. The van der Waals surface area contributed by atoms with Gasteiger partial charge in [-0.2, -0.15) is 13.9 Å². The van der Waals surface area contributed by atoms with E-state index in [2.05, 4.69) is 15.2 Å². The van der Waals surface area contributed by atoms with Crippen molar-refractivity contribution in [1.29, 1.82) is 0 Å². The molecule has 0 fully saturated rings. The molecule has 0 saturated heterocycles. The molecule has 0 atom stereocenters. The number of hydrogen-bond acceptors (Lipinski definition) is 3. The number of benzene rings is 1. The van der Waals surface area contributed by atoms with Gasteiger partial charge < -0.3 is 10.1 Å². The number of alkyl halides is 2. The van der Waals surface area contributed by atoms with Gasteiger partial charge in [-0.1, -0.05) is 23.2 Å². The maximum absolute atomic E-state index is 12.1. The minimum absolute atomic E-state index is 0.0314. The monoisotopic (exact) mass is 349 g/mol. The van der Waals surface area contributed by atoms with E-state index in [0.29, 0.717) is 16.4 Å². The van der Waals surface area contributed by atoms with Crippen LogP contribution in [0.2, 0.25) is 10.0 Å². The first-order valence-electron chi connectivity index (χ1n) is 6.09. The highest BCUT2D eigenvalue weighted by Gasteiger charge is 2.11. The molecule has 0 aliphatic heterocycles. The van der Waals surface area contributed by atoms with Crippen molar-refractivity contribution in [2.24, 2.45) is 0 Å². The van der Waals surface area contributed by atoms with E-state index in [0.717, 1.165) is 0 Å². The third-order valence-corrected chi connectivity index (χ3v) is 3.29. The molecule has 0 aliphatic rings. The van der Waals surface area contributed by atoms with Crippen LogP contribution in [0.5, 0.6) is 5.75 Å². The van der Waals surface area contributed by atoms with Gasteiger partial charge in [0.05, 0.1) is 15.7 Å². The zero-order chi connectivity index (χ0) is 16.3. The van der Waals surface area contributed by atoms with Crippen molar-refractivity contribution in [2.75, 3.05) is 5.32 Å². The molecule has 0 saturated carbocycles. The van der Waals surface area contributed by atoms with Crippen molar-refractivity contribution in [1.82, 2.24) is 9.78 Å². The molecule has 5 nitrogen and oxygen atoms in total. The van der Waals surface area contributed by atoms with E-state index in [4.69, 9.17) is 23.2 Å². The quantitative estimate of drug-likeness (QED) is 0.894. The molecule has 1 heterocycles. The Morgan fingerprint density at radius 3 is 2.68 bits per heavy atom. The van der Waals surface area contributed by atoms with Gasteiger partial charge >= 0.3 is 6.61 Å². The highest BCUT2D eigenvalue weighted by molar-refractivity contribution is 6.32. The SMILES string of the molecule is Cc1nn(CC(=O)Nc2ccc(OC(F)F)c(Cl)c2)cc1Cl. The fourth-order valence-electron chi connectivity index (χ4n) is 1.69. The van der Waals surface area contributed by atoms with Crippen LogP contribution in [0.25, 0.3) is 0 Å². The molecule has 0 radical (unpaired) electrons. The lowest BCUT2D eigenvalue weighted by Crippen LogP contribution is -2.19. The normalized spacial score (nSPS) is 10.8. The fraction of sp³-hybridized carbons (Fsp3) is 0.231. The summed E-state index contributed by atoms with van der Waals surface area (Å²) in [5, 5.41) is 7.05. The van der Waals surface area contributed by atoms with E-state index in [1.165, 1.54) is 29.1 Å². The molecule has 1 N–H and O–H groups in total. The minimum Gasteiger partial charge on any atom is -0.433 e. The van der Waals surface area contributed by atoms with Gasteiger partial charge in [0.25, 0.3) is 0 Å². The number of hydrogen-bond donors (Lipinski definition) is 1. The summed E-state index contributed by atoms with van der Waals surface area (Å²) in [6.45, 7) is -1.29. The molecule has 0 bridgehead atoms. The Morgan fingerprint density at radius 1 is 1.41 bits per heavy atom. The number of carbonyl (C=O) groups is 1. The second kappa shape index (κ2) is 6.93. The Hall–Kier alpha value is -1.86. The molecular weight excluding hydrogens is 339 g/mol. The molecule has 0 unspecified atom stereocenters. The zero-order valence-electron chi connectivity index (χ0n) is 11.3. The minimum atomic E-state index is -2.97. The molecule has 2 aromatic rings. The van der Waals surface area contributed by atoms with Crippen LogP contribution in [0, 0.1) is 6.92 Å². The highest BCUT2D eigenvalue weighted by atomic mass is 35.5. The van der Waals surface area contributed by atoms with Gasteiger partial charge in [0, 0.05) is 11.9 Å². The van der Waals surface area contributed by atoms with Crippen LogP contribution < -0.4 is 10.1 Å². The van der Waals surface area contributed by atoms with Gasteiger partial charge in [0.2, 0.25) is 5.91 Å². The van der Waals surface area contributed by atoms with E-state index in [1.807, 2.05) is 0 Å². The molecule has 118 valence electrons. The molecule has 1 aromatic carbocycles. The second-order valence-corrected chi connectivity index (χ2v) is 5.15. The topological polar surface area (TPSA) is 56.2 Å². The number of nitrogens with one attached hydrogen (secondary N) is 1. The lowest BCUT2D eigenvalue weighted by Gasteiger charge is -2.09. The van der Waals surface area contributed by atoms with E-state index in [-0.39, 0.29) is 23.2 Å². The van der Waals surface area contributed by atoms with Gasteiger partial charge in [-0.05, 0) is 25.1 Å². The Morgan fingerprint density at radius 2 is 2.14 bits per heavy atom. The van der Waals surface area contributed by atoms with Crippen LogP contribution in [0.3, 0.4) is 0 Å². The average Bonchev–Trinajstić information content (AvgIpc) is 2.71. The van der Waals surface area contributed by atoms with Crippen LogP contribution in [0.15, 0.2) is 24.4 Å². The van der Waals surface area contributed by atoms with Crippen molar-refractivity contribution in [2.45, 2.75) is 20.1 Å². The number of anilines is 1. The number of halogens is 4. The molecule has 0 spiro atoms.